The summed E-state index contributed by atoms with van der Waals surface area (Å²) < 4.78 is 56.4. The molecule has 0 saturated heterocycles. The third-order valence-corrected chi connectivity index (χ3v) is 16.4. The summed E-state index contributed by atoms with van der Waals surface area (Å²) in [6, 6.07) is 14.5. The number of ketones is 4. The molecule has 0 aliphatic heterocycles. The molecule has 2 heterocycles. The lowest BCUT2D eigenvalue weighted by molar-refractivity contribution is 0.0975. The van der Waals surface area contributed by atoms with Crippen molar-refractivity contribution in [3.05, 3.63) is 148 Å². The van der Waals surface area contributed by atoms with Gasteiger partial charge in [0, 0.05) is 52.6 Å². The lowest BCUT2D eigenvalue weighted by Gasteiger charge is -2.37. The fraction of sp³-hybridized carbons (Fsp3) is 0.240. The molecule has 2 fully saturated rings. The molecule has 0 unspecified atom stereocenters. The minimum atomic E-state index is -1.02. The van der Waals surface area contributed by atoms with Gasteiger partial charge in [0.25, 0.3) is 0 Å². The van der Waals surface area contributed by atoms with E-state index in [0.29, 0.717) is 21.5 Å². The highest BCUT2D eigenvalue weighted by molar-refractivity contribution is 7.16. The van der Waals surface area contributed by atoms with Crippen molar-refractivity contribution < 1.29 is 36.7 Å². The molecule has 6 aliphatic carbocycles. The molecule has 2 spiro atoms. The Morgan fingerprint density at radius 1 is 0.417 bits per heavy atom. The zero-order chi connectivity index (χ0) is 41.0. The fourth-order valence-electron chi connectivity index (χ4n) is 11.5. The highest BCUT2D eigenvalue weighted by atomic mass is 32.1. The number of rotatable bonds is 2. The molecule has 0 N–H and O–H groups in total. The van der Waals surface area contributed by atoms with Crippen LogP contribution >= 0.6 is 22.7 Å². The zero-order valence-electron chi connectivity index (χ0n) is 32.0. The van der Waals surface area contributed by atoms with E-state index in [1.54, 1.807) is 34.8 Å². The van der Waals surface area contributed by atoms with Crippen LogP contribution in [0.2, 0.25) is 0 Å². The Morgan fingerprint density at radius 2 is 0.717 bits per heavy atom. The van der Waals surface area contributed by atoms with E-state index in [4.69, 9.17) is 0 Å². The Bertz CT molecular complexity index is 2840. The molecule has 0 amide bonds. The molecule has 296 valence electrons. The number of allylic oxidation sites excluding steroid dienone is 4. The predicted molar refractivity (Wildman–Crippen MR) is 226 cm³/mol. The van der Waals surface area contributed by atoms with E-state index in [2.05, 4.69) is 12.1 Å². The number of benzene rings is 4. The number of hydrogen-bond acceptors (Lipinski definition) is 6. The maximum atomic E-state index is 14.1. The van der Waals surface area contributed by atoms with Gasteiger partial charge in [-0.3, -0.25) is 19.2 Å². The highest BCUT2D eigenvalue weighted by Crippen LogP contribution is 2.71. The molecule has 10 heteroatoms. The average Bonchev–Trinajstić information content (AvgIpc) is 4.05. The number of carbonyl (C=O) groups excluding carboxylic acids is 4. The fourth-order valence-corrected chi connectivity index (χ4v) is 14.2. The standard InChI is InChI=1S/C50H32F4O4S2/c51-37-15-23-11-29-30(12-24(23)16-38(37)52)44(56)33(43(29)55)19-27-21-35-47(59-27)42-41(49(35)7-3-1-4-8-49)48-36(50(42)9-5-2-6-10-50)22-28(60-48)20-34-45(57)31-13-25-17-39(53)40(54)18-26(25)14-32(31)46(34)58/h11-22H,1-10H2. The van der Waals surface area contributed by atoms with Crippen LogP contribution in [-0.4, -0.2) is 23.1 Å². The van der Waals surface area contributed by atoms with Gasteiger partial charge in [0.15, 0.2) is 46.4 Å². The summed E-state index contributed by atoms with van der Waals surface area (Å²) in [5.41, 5.74) is 5.57. The second-order valence-electron chi connectivity index (χ2n) is 17.3. The van der Waals surface area contributed by atoms with Crippen LogP contribution in [0, 0.1) is 23.3 Å². The van der Waals surface area contributed by atoms with Gasteiger partial charge in [0.2, 0.25) is 0 Å². The number of thiophene rings is 2. The molecule has 4 aromatic carbocycles. The van der Waals surface area contributed by atoms with E-state index >= 15 is 0 Å². The average molecular weight is 837 g/mol. The monoisotopic (exact) mass is 836 g/mol. The molecule has 0 bridgehead atoms. The molecule has 0 radical (unpaired) electrons. The summed E-state index contributed by atoms with van der Waals surface area (Å²) in [5.74, 6) is -5.75. The SMILES string of the molecule is O=C1C(=Cc2cc3c(s2)C2=C(c4sc(C=C5C(=O)c6cc7cc(F)c(F)cc7cc6C5=O)cc4C24CCCCC4)C32CCCCC2)C(=O)c2cc3cc(F)c(F)cc3cc21. The van der Waals surface area contributed by atoms with Crippen LogP contribution in [0.4, 0.5) is 17.6 Å². The predicted octanol–water partition coefficient (Wildman–Crippen LogP) is 12.9. The first-order chi connectivity index (χ1) is 29.0. The Balaban J connectivity index is 0.969. The molecule has 2 aromatic heterocycles. The maximum Gasteiger partial charge on any atom is 0.197 e. The van der Waals surface area contributed by atoms with Gasteiger partial charge in [0.05, 0.1) is 11.1 Å². The third kappa shape index (κ3) is 4.77. The Kier molecular flexibility index (Phi) is 7.55. The van der Waals surface area contributed by atoms with Crippen molar-refractivity contribution in [2.24, 2.45) is 0 Å². The van der Waals surface area contributed by atoms with E-state index in [1.165, 1.54) is 56.3 Å². The minimum Gasteiger partial charge on any atom is -0.288 e. The molecule has 6 aromatic rings. The summed E-state index contributed by atoms with van der Waals surface area (Å²) in [6.07, 6.45) is 13.7. The molecular formula is C50H32F4O4S2. The third-order valence-electron chi connectivity index (χ3n) is 14.2. The first kappa shape index (κ1) is 36.3. The topological polar surface area (TPSA) is 68.3 Å². The lowest BCUT2D eigenvalue weighted by Crippen LogP contribution is -2.28. The second-order valence-corrected chi connectivity index (χ2v) is 19.4. The molecule has 4 nitrogen and oxygen atoms in total. The van der Waals surface area contributed by atoms with E-state index < -0.39 is 46.4 Å². The maximum absolute atomic E-state index is 14.1. The molecular weight excluding hydrogens is 805 g/mol. The van der Waals surface area contributed by atoms with Gasteiger partial charge < -0.3 is 0 Å². The highest BCUT2D eigenvalue weighted by Gasteiger charge is 2.58. The van der Waals surface area contributed by atoms with Crippen LogP contribution in [0.5, 0.6) is 0 Å². The summed E-state index contributed by atoms with van der Waals surface area (Å²) in [4.78, 5) is 59.4. The van der Waals surface area contributed by atoms with Crippen LogP contribution in [0.3, 0.4) is 0 Å². The van der Waals surface area contributed by atoms with E-state index in [1.807, 2.05) is 0 Å². The van der Waals surface area contributed by atoms with Crippen LogP contribution in [-0.2, 0) is 10.8 Å². The number of hydrogen-bond donors (Lipinski definition) is 0. The van der Waals surface area contributed by atoms with Crippen molar-refractivity contribution in [1.29, 1.82) is 0 Å². The van der Waals surface area contributed by atoms with Gasteiger partial charge in [0.1, 0.15) is 0 Å². The number of carbonyl (C=O) groups is 4. The van der Waals surface area contributed by atoms with Crippen molar-refractivity contribution in [2.75, 3.05) is 0 Å². The summed E-state index contributed by atoms with van der Waals surface area (Å²) in [6.45, 7) is 0. The summed E-state index contributed by atoms with van der Waals surface area (Å²) in [5, 5.41) is 1.41. The van der Waals surface area contributed by atoms with Crippen LogP contribution in [0.1, 0.15) is 136 Å². The van der Waals surface area contributed by atoms with Crippen molar-refractivity contribution in [3.8, 4) is 0 Å². The summed E-state index contributed by atoms with van der Waals surface area (Å²) >= 11 is 3.26. The van der Waals surface area contributed by atoms with Crippen LogP contribution < -0.4 is 0 Å². The van der Waals surface area contributed by atoms with Gasteiger partial charge in [-0.25, -0.2) is 17.6 Å². The Labute approximate surface area is 348 Å². The summed E-state index contributed by atoms with van der Waals surface area (Å²) in [7, 11) is 0. The van der Waals surface area contributed by atoms with Crippen LogP contribution in [0.25, 0.3) is 44.8 Å². The normalized spacial score (nSPS) is 19.6. The van der Waals surface area contributed by atoms with E-state index in [9.17, 15) is 36.7 Å². The number of halogens is 4. The largest absolute Gasteiger partial charge is 0.288 e. The zero-order valence-corrected chi connectivity index (χ0v) is 33.6. The van der Waals surface area contributed by atoms with E-state index in [0.717, 1.165) is 98.2 Å². The van der Waals surface area contributed by atoms with Gasteiger partial charge in [-0.05, 0) is 142 Å². The quantitative estimate of drug-likeness (QED) is 0.0990. The van der Waals surface area contributed by atoms with E-state index in [-0.39, 0.29) is 44.2 Å². The van der Waals surface area contributed by atoms with Crippen molar-refractivity contribution in [1.82, 2.24) is 0 Å². The van der Waals surface area contributed by atoms with Crippen molar-refractivity contribution >= 4 is 90.6 Å². The van der Waals surface area contributed by atoms with Gasteiger partial charge in [-0.2, -0.15) is 0 Å². The molecule has 2 saturated carbocycles. The molecule has 60 heavy (non-hydrogen) atoms. The minimum absolute atomic E-state index is 0.0502. The number of fused-ring (bicyclic) bond motifs is 12. The lowest BCUT2D eigenvalue weighted by atomic mass is 9.67. The Hall–Kier alpha value is -5.58. The molecule has 6 aliphatic rings. The first-order valence-corrected chi connectivity index (χ1v) is 22.1. The van der Waals surface area contributed by atoms with Crippen LogP contribution in [0.15, 0.2) is 71.8 Å². The second kappa shape index (κ2) is 12.5. The Morgan fingerprint density at radius 3 is 1.02 bits per heavy atom. The van der Waals surface area contributed by atoms with Crippen molar-refractivity contribution in [3.63, 3.8) is 0 Å². The van der Waals surface area contributed by atoms with Gasteiger partial charge in [-0.15, -0.1) is 22.7 Å². The van der Waals surface area contributed by atoms with Gasteiger partial charge in [-0.1, -0.05) is 38.5 Å². The molecule has 0 atom stereocenters. The van der Waals surface area contributed by atoms with Gasteiger partial charge >= 0.3 is 0 Å². The molecule has 12 rings (SSSR count). The van der Waals surface area contributed by atoms with Crippen molar-refractivity contribution in [2.45, 2.75) is 75.0 Å². The smallest absolute Gasteiger partial charge is 0.197 e. The number of Topliss-reactive ketones (excluding diaryl/α,β-unsaturated/α-hetero) is 4. The first-order valence-electron chi connectivity index (χ1n) is 20.5.